The lowest BCUT2D eigenvalue weighted by atomic mass is 9.84. The Labute approximate surface area is 211 Å². The van der Waals surface area contributed by atoms with Gasteiger partial charge in [-0.2, -0.15) is 0 Å². The number of rotatable bonds is 4. The van der Waals surface area contributed by atoms with Crippen LogP contribution in [-0.4, -0.2) is 35.2 Å². The number of allylic oxidation sites excluding steroid dienone is 4. The second kappa shape index (κ2) is 9.76. The molecule has 2 aliphatic heterocycles. The molecule has 0 spiro atoms. The van der Waals surface area contributed by atoms with E-state index < -0.39 is 5.60 Å². The van der Waals surface area contributed by atoms with E-state index in [4.69, 9.17) is 21.1 Å². The zero-order valence-corrected chi connectivity index (χ0v) is 20.8. The van der Waals surface area contributed by atoms with Crippen LogP contribution >= 0.6 is 11.6 Å². The number of aromatic nitrogens is 1. The average Bonchev–Trinajstić information content (AvgIpc) is 3.04. The molecular weight excluding hydrogens is 460 g/mol. The Hall–Kier alpha value is -3.28. The molecule has 2 aromatic carbocycles. The molecule has 180 valence electrons. The highest BCUT2D eigenvalue weighted by Crippen LogP contribution is 2.41. The van der Waals surface area contributed by atoms with E-state index in [0.29, 0.717) is 30.2 Å². The Morgan fingerprint density at radius 2 is 1.89 bits per heavy atom. The number of piperidine rings is 1. The number of likely N-dealkylation sites (tertiary alicyclic amines) is 1. The van der Waals surface area contributed by atoms with Gasteiger partial charge in [0.15, 0.2) is 0 Å². The fourth-order valence-corrected chi connectivity index (χ4v) is 4.99. The van der Waals surface area contributed by atoms with Gasteiger partial charge in [0.2, 0.25) is 5.88 Å². The van der Waals surface area contributed by atoms with E-state index in [1.165, 1.54) is 0 Å². The van der Waals surface area contributed by atoms with Crippen molar-refractivity contribution in [3.63, 3.8) is 0 Å². The van der Waals surface area contributed by atoms with Crippen LogP contribution in [0, 0.1) is 0 Å². The molecule has 1 aromatic heterocycles. The number of nitrogens with zero attached hydrogens (tertiary/aromatic N) is 2. The third-order valence-corrected chi connectivity index (χ3v) is 7.25. The number of hydrogen-bond donors (Lipinski definition) is 1. The van der Waals surface area contributed by atoms with Gasteiger partial charge in [-0.1, -0.05) is 35.9 Å². The second-order valence-electron chi connectivity index (χ2n) is 9.10. The molecular formula is C29H29ClN2O3. The minimum Gasteiger partial charge on any atom is -0.496 e. The molecule has 5 rings (SSSR count). The third-order valence-electron chi connectivity index (χ3n) is 7.00. The van der Waals surface area contributed by atoms with Gasteiger partial charge >= 0.3 is 0 Å². The summed E-state index contributed by atoms with van der Waals surface area (Å²) in [5, 5.41) is 11.9. The Kier molecular flexibility index (Phi) is 6.54. The van der Waals surface area contributed by atoms with Gasteiger partial charge in [-0.05, 0) is 73.4 Å². The fourth-order valence-electron chi connectivity index (χ4n) is 4.87. The molecule has 0 radical (unpaired) electrons. The van der Waals surface area contributed by atoms with E-state index in [0.717, 1.165) is 52.5 Å². The summed E-state index contributed by atoms with van der Waals surface area (Å²) < 4.78 is 11.8. The van der Waals surface area contributed by atoms with Gasteiger partial charge in [0.25, 0.3) is 0 Å². The molecule has 1 N–H and O–H groups in total. The van der Waals surface area contributed by atoms with Gasteiger partial charge in [0.05, 0.1) is 12.7 Å². The second-order valence-corrected chi connectivity index (χ2v) is 9.53. The molecule has 0 amide bonds. The molecule has 1 fully saturated rings. The summed E-state index contributed by atoms with van der Waals surface area (Å²) in [6, 6.07) is 17.4. The maximum Gasteiger partial charge on any atom is 0.226 e. The van der Waals surface area contributed by atoms with Crippen LogP contribution in [-0.2, 0) is 12.0 Å². The van der Waals surface area contributed by atoms with Crippen molar-refractivity contribution in [2.24, 2.45) is 0 Å². The number of hydrogen-bond acceptors (Lipinski definition) is 5. The van der Waals surface area contributed by atoms with Crippen LogP contribution in [0.25, 0.3) is 5.57 Å². The van der Waals surface area contributed by atoms with Gasteiger partial charge in [-0.25, -0.2) is 4.98 Å². The van der Waals surface area contributed by atoms with Gasteiger partial charge < -0.3 is 19.5 Å². The first-order valence-electron chi connectivity index (χ1n) is 11.9. The maximum absolute atomic E-state index is 11.2. The van der Waals surface area contributed by atoms with Crippen molar-refractivity contribution >= 4 is 17.2 Å². The number of methoxy groups -OCH3 is 1. The smallest absolute Gasteiger partial charge is 0.226 e. The topological polar surface area (TPSA) is 54.8 Å². The highest BCUT2D eigenvalue weighted by molar-refractivity contribution is 6.30. The predicted octanol–water partition coefficient (Wildman–Crippen LogP) is 6.36. The van der Waals surface area contributed by atoms with Crippen molar-refractivity contribution in [1.82, 2.24) is 9.88 Å². The summed E-state index contributed by atoms with van der Waals surface area (Å²) in [6.45, 7) is 3.68. The van der Waals surface area contributed by atoms with E-state index >= 15 is 0 Å². The van der Waals surface area contributed by atoms with E-state index in [1.54, 1.807) is 13.3 Å². The fraction of sp³-hybridized carbons (Fsp3) is 0.276. The van der Waals surface area contributed by atoms with Crippen LogP contribution in [0.4, 0.5) is 0 Å². The van der Waals surface area contributed by atoms with Gasteiger partial charge in [-0.3, -0.25) is 0 Å². The SMILES string of the molecule is COc1cccc2c1CC(=CC=C(C)N1CCC(O)(c3ccc(Cl)cc3)CC1)c1cccnc1O2. The number of halogens is 1. The van der Waals surface area contributed by atoms with Crippen molar-refractivity contribution in [2.45, 2.75) is 31.8 Å². The van der Waals surface area contributed by atoms with Crippen LogP contribution in [0.5, 0.6) is 17.4 Å². The van der Waals surface area contributed by atoms with E-state index in [2.05, 4.69) is 29.0 Å². The van der Waals surface area contributed by atoms with Crippen LogP contribution in [0.15, 0.2) is 78.6 Å². The van der Waals surface area contributed by atoms with E-state index in [9.17, 15) is 5.11 Å². The molecule has 3 heterocycles. The largest absolute Gasteiger partial charge is 0.496 e. The standard InChI is InChI=1S/C29H29ClN2O3/c1-20(32-17-14-29(33,15-18-32)22-10-12-23(30)13-11-22)8-9-21-19-25-26(34-2)6-3-7-27(25)35-28-24(21)5-4-16-31-28/h3-13,16,33H,14-15,17-19H2,1-2H3. The first-order chi connectivity index (χ1) is 17.0. The summed E-state index contributed by atoms with van der Waals surface area (Å²) in [5.74, 6) is 2.17. The highest BCUT2D eigenvalue weighted by Gasteiger charge is 2.34. The summed E-state index contributed by atoms with van der Waals surface area (Å²) in [7, 11) is 1.68. The normalized spacial score (nSPS) is 18.3. The number of pyridine rings is 1. The van der Waals surface area contributed by atoms with Crippen LogP contribution in [0.2, 0.25) is 5.02 Å². The lowest BCUT2D eigenvalue weighted by molar-refractivity contribution is -0.0185. The van der Waals surface area contributed by atoms with E-state index in [1.807, 2.05) is 54.6 Å². The van der Waals surface area contributed by atoms with Gasteiger partial charge in [0, 0.05) is 47.6 Å². The lowest BCUT2D eigenvalue weighted by Crippen LogP contribution is -2.41. The summed E-state index contributed by atoms with van der Waals surface area (Å²) in [5.41, 5.74) is 4.38. The summed E-state index contributed by atoms with van der Waals surface area (Å²) >= 11 is 6.02. The summed E-state index contributed by atoms with van der Waals surface area (Å²) in [6.07, 6.45) is 8.07. The molecule has 5 nitrogen and oxygen atoms in total. The predicted molar refractivity (Wildman–Crippen MR) is 139 cm³/mol. The van der Waals surface area contributed by atoms with Crippen LogP contribution < -0.4 is 9.47 Å². The molecule has 0 atom stereocenters. The van der Waals surface area contributed by atoms with Crippen molar-refractivity contribution < 1.29 is 14.6 Å². The van der Waals surface area contributed by atoms with Crippen molar-refractivity contribution in [2.75, 3.05) is 20.2 Å². The molecule has 0 saturated carbocycles. The molecule has 0 aliphatic carbocycles. The molecule has 35 heavy (non-hydrogen) atoms. The monoisotopic (exact) mass is 488 g/mol. The molecule has 0 bridgehead atoms. The Morgan fingerprint density at radius 1 is 1.11 bits per heavy atom. The van der Waals surface area contributed by atoms with Crippen molar-refractivity contribution in [1.29, 1.82) is 0 Å². The Balaban J connectivity index is 1.38. The average molecular weight is 489 g/mol. The first kappa shape index (κ1) is 23.5. The van der Waals surface area contributed by atoms with Gasteiger partial charge in [-0.15, -0.1) is 0 Å². The van der Waals surface area contributed by atoms with E-state index in [-0.39, 0.29) is 0 Å². The first-order valence-corrected chi connectivity index (χ1v) is 12.2. The molecule has 6 heteroatoms. The molecule has 3 aromatic rings. The zero-order chi connectivity index (χ0) is 24.4. The van der Waals surface area contributed by atoms with Crippen LogP contribution in [0.1, 0.15) is 36.5 Å². The van der Waals surface area contributed by atoms with Crippen molar-refractivity contribution in [3.8, 4) is 17.4 Å². The lowest BCUT2D eigenvalue weighted by Gasteiger charge is -2.40. The molecule has 2 aliphatic rings. The minimum atomic E-state index is -0.816. The molecule has 0 unspecified atom stereocenters. The number of ether oxygens (including phenoxy) is 2. The number of aliphatic hydroxyl groups is 1. The maximum atomic E-state index is 11.2. The Morgan fingerprint density at radius 3 is 2.63 bits per heavy atom. The zero-order valence-electron chi connectivity index (χ0n) is 20.0. The molecule has 1 saturated heterocycles. The number of benzene rings is 2. The van der Waals surface area contributed by atoms with Gasteiger partial charge in [0.1, 0.15) is 11.5 Å². The van der Waals surface area contributed by atoms with Crippen molar-refractivity contribution in [3.05, 3.63) is 100 Å². The van der Waals surface area contributed by atoms with Crippen LogP contribution in [0.3, 0.4) is 0 Å². The number of fused-ring (bicyclic) bond motifs is 2. The Bertz CT molecular complexity index is 1280. The third kappa shape index (κ3) is 4.79. The quantitative estimate of drug-likeness (QED) is 0.463. The highest BCUT2D eigenvalue weighted by atomic mass is 35.5. The summed E-state index contributed by atoms with van der Waals surface area (Å²) in [4.78, 5) is 6.81. The minimum absolute atomic E-state index is 0.600.